The molecule has 1 saturated heterocycles. The van der Waals surface area contributed by atoms with Crippen LogP contribution in [0.25, 0.3) is 17.1 Å². The van der Waals surface area contributed by atoms with Crippen LogP contribution in [-0.4, -0.2) is 44.7 Å². The van der Waals surface area contributed by atoms with E-state index in [-0.39, 0.29) is 17.2 Å². The summed E-state index contributed by atoms with van der Waals surface area (Å²) in [4.78, 5) is 20.0. The second-order valence-electron chi connectivity index (χ2n) is 8.18. The predicted molar refractivity (Wildman–Crippen MR) is 127 cm³/mol. The highest BCUT2D eigenvalue weighted by molar-refractivity contribution is 5.58. The maximum Gasteiger partial charge on any atom is 0.251 e. The summed E-state index contributed by atoms with van der Waals surface area (Å²) in [6.07, 6.45) is 7.03. The summed E-state index contributed by atoms with van der Waals surface area (Å²) >= 11 is 0. The summed E-state index contributed by atoms with van der Waals surface area (Å²) in [5.74, 6) is 1.32. The topological polar surface area (TPSA) is 78.1 Å². The summed E-state index contributed by atoms with van der Waals surface area (Å²) < 4.78 is 9.07. The maximum absolute atomic E-state index is 13.1. The van der Waals surface area contributed by atoms with Gasteiger partial charge in [0.15, 0.2) is 11.4 Å². The van der Waals surface area contributed by atoms with Gasteiger partial charge in [-0.05, 0) is 49.6 Å². The molecule has 8 heteroatoms. The zero-order valence-corrected chi connectivity index (χ0v) is 18.8. The Kier molecular flexibility index (Phi) is 5.64. The van der Waals surface area contributed by atoms with E-state index in [2.05, 4.69) is 28.0 Å². The van der Waals surface area contributed by atoms with E-state index in [0.717, 1.165) is 37.4 Å². The Labute approximate surface area is 192 Å². The summed E-state index contributed by atoms with van der Waals surface area (Å²) in [7, 11) is 1.52. The molecule has 0 radical (unpaired) electrons. The lowest BCUT2D eigenvalue weighted by Crippen LogP contribution is -2.36. The molecule has 5 rings (SSSR count). The third kappa shape index (κ3) is 4.00. The van der Waals surface area contributed by atoms with Gasteiger partial charge < -0.3 is 9.64 Å². The largest absolute Gasteiger partial charge is 0.491 e. The fourth-order valence-corrected chi connectivity index (χ4v) is 4.39. The van der Waals surface area contributed by atoms with Crippen molar-refractivity contribution < 1.29 is 4.74 Å². The minimum absolute atomic E-state index is 0.159. The number of methoxy groups -OCH3 is 1. The van der Waals surface area contributed by atoms with E-state index in [9.17, 15) is 4.79 Å². The number of ether oxygens (including phenoxy) is 1. The zero-order valence-electron chi connectivity index (χ0n) is 18.8. The number of para-hydroxylation sites is 1. The molecule has 0 atom stereocenters. The van der Waals surface area contributed by atoms with Crippen LogP contribution in [-0.2, 0) is 0 Å². The second-order valence-corrected chi connectivity index (χ2v) is 8.18. The van der Waals surface area contributed by atoms with Crippen LogP contribution < -0.4 is 15.1 Å². The fourth-order valence-electron chi connectivity index (χ4n) is 4.39. The average Bonchev–Trinajstić information content (AvgIpc) is 3.35. The molecule has 168 valence electrons. The van der Waals surface area contributed by atoms with Crippen molar-refractivity contribution in [1.82, 2.24) is 24.5 Å². The third-order valence-electron chi connectivity index (χ3n) is 6.13. The molecular weight excluding hydrogens is 416 g/mol. The van der Waals surface area contributed by atoms with Crippen molar-refractivity contribution in [3.63, 3.8) is 0 Å². The lowest BCUT2D eigenvalue weighted by Gasteiger charge is -2.34. The number of pyridine rings is 1. The first-order chi connectivity index (χ1) is 16.2. The first-order valence-corrected chi connectivity index (χ1v) is 11.1. The predicted octanol–water partition coefficient (Wildman–Crippen LogP) is 3.65. The second kappa shape index (κ2) is 8.90. The highest BCUT2D eigenvalue weighted by Crippen LogP contribution is 2.28. The Balaban J connectivity index is 1.47. The molecule has 1 aromatic carbocycles. The van der Waals surface area contributed by atoms with Gasteiger partial charge in [0, 0.05) is 19.3 Å². The van der Waals surface area contributed by atoms with Crippen molar-refractivity contribution in [2.45, 2.75) is 25.8 Å². The van der Waals surface area contributed by atoms with E-state index >= 15 is 0 Å². The van der Waals surface area contributed by atoms with Crippen LogP contribution in [0.5, 0.6) is 5.75 Å². The molecule has 0 spiro atoms. The number of aromatic nitrogens is 5. The molecule has 1 aliphatic rings. The van der Waals surface area contributed by atoms with Gasteiger partial charge in [-0.3, -0.25) is 9.48 Å². The van der Waals surface area contributed by atoms with E-state index in [0.29, 0.717) is 11.4 Å². The van der Waals surface area contributed by atoms with Gasteiger partial charge in [-0.1, -0.05) is 24.3 Å². The van der Waals surface area contributed by atoms with Crippen molar-refractivity contribution in [3.05, 3.63) is 82.9 Å². The Morgan fingerprint density at radius 2 is 1.79 bits per heavy atom. The van der Waals surface area contributed by atoms with Gasteiger partial charge in [0.05, 0.1) is 36.9 Å². The van der Waals surface area contributed by atoms with Gasteiger partial charge in [0.2, 0.25) is 0 Å². The zero-order chi connectivity index (χ0) is 22.8. The average molecular weight is 443 g/mol. The normalized spacial score (nSPS) is 14.4. The molecule has 33 heavy (non-hydrogen) atoms. The minimum atomic E-state index is -0.243. The standard InChI is InChI=1S/C25H26N6O2/c1-18-7-6-13-26-25(18)29-15-11-19(12-16-29)30-17-22(33-2)24(32)23(28-30)21-10-14-27-31(21)20-8-4-3-5-9-20/h3-10,13-14,17,19H,11-12,15-16H2,1-2H3. The van der Waals surface area contributed by atoms with E-state index in [4.69, 9.17) is 9.84 Å². The number of hydrogen-bond donors (Lipinski definition) is 0. The first-order valence-electron chi connectivity index (χ1n) is 11.1. The molecule has 4 aromatic rings. The number of piperidine rings is 1. The highest BCUT2D eigenvalue weighted by Gasteiger charge is 2.25. The quantitative estimate of drug-likeness (QED) is 0.470. The van der Waals surface area contributed by atoms with Crippen molar-refractivity contribution in [3.8, 4) is 22.8 Å². The van der Waals surface area contributed by atoms with Gasteiger partial charge >= 0.3 is 0 Å². The number of nitrogens with zero attached hydrogens (tertiary/aromatic N) is 6. The molecule has 4 heterocycles. The Bertz CT molecular complexity index is 1310. The Morgan fingerprint density at radius 1 is 1.00 bits per heavy atom. The van der Waals surface area contributed by atoms with Crippen molar-refractivity contribution >= 4 is 5.82 Å². The van der Waals surface area contributed by atoms with Crippen LogP contribution >= 0.6 is 0 Å². The first kappa shape index (κ1) is 20.9. The van der Waals surface area contributed by atoms with E-state index in [1.54, 1.807) is 17.1 Å². The molecule has 0 saturated carbocycles. The number of anilines is 1. The molecule has 0 N–H and O–H groups in total. The SMILES string of the molecule is COc1cn(C2CCN(c3ncccc3C)CC2)nc(-c2ccnn2-c2ccccc2)c1=O. The molecule has 0 aliphatic carbocycles. The molecule has 1 aliphatic heterocycles. The number of aryl methyl sites for hydroxylation is 1. The van der Waals surface area contributed by atoms with E-state index in [1.165, 1.54) is 12.7 Å². The summed E-state index contributed by atoms with van der Waals surface area (Å²) in [6.45, 7) is 3.83. The summed E-state index contributed by atoms with van der Waals surface area (Å²) in [5.41, 5.74) is 2.77. The number of hydrogen-bond acceptors (Lipinski definition) is 6. The van der Waals surface area contributed by atoms with Crippen molar-refractivity contribution in [1.29, 1.82) is 0 Å². The van der Waals surface area contributed by atoms with Gasteiger partial charge in [0.1, 0.15) is 5.82 Å². The lowest BCUT2D eigenvalue weighted by atomic mass is 10.0. The fraction of sp³-hybridized carbons (Fsp3) is 0.280. The van der Waals surface area contributed by atoms with Gasteiger partial charge in [-0.25, -0.2) is 9.67 Å². The molecule has 8 nitrogen and oxygen atoms in total. The monoisotopic (exact) mass is 442 g/mol. The van der Waals surface area contributed by atoms with Crippen molar-refractivity contribution in [2.75, 3.05) is 25.1 Å². The highest BCUT2D eigenvalue weighted by atomic mass is 16.5. The molecule has 0 amide bonds. The van der Waals surface area contributed by atoms with E-state index < -0.39 is 0 Å². The van der Waals surface area contributed by atoms with Gasteiger partial charge in [-0.2, -0.15) is 10.2 Å². The van der Waals surface area contributed by atoms with Crippen LogP contribution in [0.2, 0.25) is 0 Å². The smallest absolute Gasteiger partial charge is 0.251 e. The van der Waals surface area contributed by atoms with Crippen LogP contribution in [0.4, 0.5) is 5.82 Å². The molecular formula is C25H26N6O2. The Morgan fingerprint density at radius 3 is 2.52 bits per heavy atom. The van der Waals surface area contributed by atoms with Crippen LogP contribution in [0.1, 0.15) is 24.4 Å². The number of benzene rings is 1. The summed E-state index contributed by atoms with van der Waals surface area (Å²) in [5, 5.41) is 9.21. The maximum atomic E-state index is 13.1. The van der Waals surface area contributed by atoms with Gasteiger partial charge in [0.25, 0.3) is 5.43 Å². The van der Waals surface area contributed by atoms with Crippen molar-refractivity contribution in [2.24, 2.45) is 0 Å². The van der Waals surface area contributed by atoms with Crippen LogP contribution in [0.15, 0.2) is 71.9 Å². The number of rotatable bonds is 5. The molecule has 0 unspecified atom stereocenters. The minimum Gasteiger partial charge on any atom is -0.491 e. The van der Waals surface area contributed by atoms with Crippen LogP contribution in [0.3, 0.4) is 0 Å². The lowest BCUT2D eigenvalue weighted by molar-refractivity contribution is 0.345. The molecule has 0 bridgehead atoms. The van der Waals surface area contributed by atoms with E-state index in [1.807, 2.05) is 53.3 Å². The third-order valence-corrected chi connectivity index (χ3v) is 6.13. The molecule has 3 aromatic heterocycles. The van der Waals surface area contributed by atoms with Crippen LogP contribution in [0, 0.1) is 6.92 Å². The molecule has 1 fully saturated rings. The Hall–Kier alpha value is -3.94. The van der Waals surface area contributed by atoms with Gasteiger partial charge in [-0.15, -0.1) is 0 Å². The summed E-state index contributed by atoms with van der Waals surface area (Å²) in [6, 6.07) is 15.7.